The molecule has 0 spiro atoms. The number of piperazine rings is 1. The van der Waals surface area contributed by atoms with Gasteiger partial charge >= 0.3 is 0 Å². The number of amides is 2. The standard InChI is InChI=1S/C32H37N3O4/c1-24(36)34-20-18-33(19-21-34)23-25-8-13-30(38-2)31(22-25)39-29-14-16-35(17-15-29)32(37)28-11-9-27(10-12-28)26-6-4-3-5-7-26/h3-13,22,29H,14-21,23H2,1-2H3. The first-order chi connectivity index (χ1) is 19.0. The van der Waals surface area contributed by atoms with E-state index < -0.39 is 0 Å². The van der Waals surface area contributed by atoms with Crippen molar-refractivity contribution in [2.75, 3.05) is 46.4 Å². The van der Waals surface area contributed by atoms with E-state index in [4.69, 9.17) is 9.47 Å². The topological polar surface area (TPSA) is 62.3 Å². The summed E-state index contributed by atoms with van der Waals surface area (Å²) < 4.78 is 12.0. The molecule has 2 aliphatic heterocycles. The molecule has 7 nitrogen and oxygen atoms in total. The van der Waals surface area contributed by atoms with Crippen molar-refractivity contribution >= 4 is 11.8 Å². The zero-order valence-corrected chi connectivity index (χ0v) is 22.8. The van der Waals surface area contributed by atoms with E-state index in [0.717, 1.165) is 73.8 Å². The third-order valence-corrected chi connectivity index (χ3v) is 7.71. The maximum Gasteiger partial charge on any atom is 0.253 e. The van der Waals surface area contributed by atoms with Gasteiger partial charge in [-0.3, -0.25) is 14.5 Å². The molecule has 3 aromatic rings. The molecule has 204 valence electrons. The summed E-state index contributed by atoms with van der Waals surface area (Å²) in [6.07, 6.45) is 1.57. The van der Waals surface area contributed by atoms with Crippen LogP contribution in [0.5, 0.6) is 11.5 Å². The molecule has 2 amide bonds. The van der Waals surface area contributed by atoms with Gasteiger partial charge in [0.2, 0.25) is 5.91 Å². The molecule has 0 unspecified atom stereocenters. The van der Waals surface area contributed by atoms with Crippen molar-refractivity contribution in [2.24, 2.45) is 0 Å². The van der Waals surface area contributed by atoms with Crippen LogP contribution in [0.15, 0.2) is 72.8 Å². The summed E-state index contributed by atoms with van der Waals surface area (Å²) in [4.78, 5) is 30.9. The molecule has 2 saturated heterocycles. The Kier molecular flexibility index (Phi) is 8.47. The van der Waals surface area contributed by atoms with E-state index in [1.165, 1.54) is 0 Å². The van der Waals surface area contributed by atoms with E-state index >= 15 is 0 Å². The summed E-state index contributed by atoms with van der Waals surface area (Å²) in [7, 11) is 1.66. The second kappa shape index (κ2) is 12.3. The van der Waals surface area contributed by atoms with Crippen LogP contribution in [0, 0.1) is 0 Å². The number of carbonyl (C=O) groups excluding carboxylic acids is 2. The van der Waals surface area contributed by atoms with Crippen LogP contribution in [0.3, 0.4) is 0 Å². The molecule has 0 aromatic heterocycles. The van der Waals surface area contributed by atoms with Crippen LogP contribution in [0.4, 0.5) is 0 Å². The van der Waals surface area contributed by atoms with Gasteiger partial charge in [0, 0.05) is 71.1 Å². The monoisotopic (exact) mass is 527 g/mol. The minimum atomic E-state index is 0.0257. The van der Waals surface area contributed by atoms with E-state index in [2.05, 4.69) is 29.2 Å². The molecule has 5 rings (SSSR count). The second-order valence-corrected chi connectivity index (χ2v) is 10.3. The van der Waals surface area contributed by atoms with Crippen molar-refractivity contribution in [3.63, 3.8) is 0 Å². The number of hydrogen-bond donors (Lipinski definition) is 0. The molecule has 3 aromatic carbocycles. The van der Waals surface area contributed by atoms with Gasteiger partial charge in [0.1, 0.15) is 6.10 Å². The Labute approximate surface area is 230 Å². The lowest BCUT2D eigenvalue weighted by molar-refractivity contribution is -0.130. The highest BCUT2D eigenvalue weighted by atomic mass is 16.5. The molecule has 2 fully saturated rings. The number of benzene rings is 3. The van der Waals surface area contributed by atoms with Crippen LogP contribution in [-0.4, -0.2) is 79.0 Å². The minimum absolute atomic E-state index is 0.0257. The van der Waals surface area contributed by atoms with Gasteiger partial charge in [-0.2, -0.15) is 0 Å². The van der Waals surface area contributed by atoms with Crippen molar-refractivity contribution in [1.29, 1.82) is 0 Å². The van der Waals surface area contributed by atoms with Crippen LogP contribution in [0.1, 0.15) is 35.7 Å². The number of ether oxygens (including phenoxy) is 2. The SMILES string of the molecule is COc1ccc(CN2CCN(C(C)=O)CC2)cc1OC1CCN(C(=O)c2ccc(-c3ccccc3)cc2)CC1. The predicted molar refractivity (Wildman–Crippen MR) is 152 cm³/mol. The molecule has 39 heavy (non-hydrogen) atoms. The van der Waals surface area contributed by atoms with E-state index in [0.29, 0.717) is 18.7 Å². The average molecular weight is 528 g/mol. The Balaban J connectivity index is 1.15. The minimum Gasteiger partial charge on any atom is -0.493 e. The summed E-state index contributed by atoms with van der Waals surface area (Å²) in [5, 5.41) is 0. The fourth-order valence-corrected chi connectivity index (χ4v) is 5.37. The lowest BCUT2D eigenvalue weighted by Gasteiger charge is -2.34. The molecule has 2 aliphatic rings. The molecular weight excluding hydrogens is 490 g/mol. The summed E-state index contributed by atoms with van der Waals surface area (Å²) in [6, 6.07) is 24.2. The maximum atomic E-state index is 13.1. The molecule has 0 atom stereocenters. The molecule has 2 heterocycles. The van der Waals surface area contributed by atoms with Gasteiger partial charge in [0.15, 0.2) is 11.5 Å². The number of methoxy groups -OCH3 is 1. The highest BCUT2D eigenvalue weighted by Gasteiger charge is 2.26. The first kappa shape index (κ1) is 26.8. The summed E-state index contributed by atoms with van der Waals surface area (Å²) in [6.45, 7) is 7.02. The van der Waals surface area contributed by atoms with Gasteiger partial charge in [-0.15, -0.1) is 0 Å². The fourth-order valence-electron chi connectivity index (χ4n) is 5.37. The first-order valence-corrected chi connectivity index (χ1v) is 13.8. The third-order valence-electron chi connectivity index (χ3n) is 7.71. The lowest BCUT2D eigenvalue weighted by atomic mass is 10.0. The van der Waals surface area contributed by atoms with Gasteiger partial charge in [0.25, 0.3) is 5.91 Å². The molecule has 0 bridgehead atoms. The first-order valence-electron chi connectivity index (χ1n) is 13.8. The van der Waals surface area contributed by atoms with Gasteiger partial charge in [-0.25, -0.2) is 0 Å². The largest absolute Gasteiger partial charge is 0.493 e. The Bertz CT molecular complexity index is 1260. The number of likely N-dealkylation sites (tertiary alicyclic amines) is 1. The highest BCUT2D eigenvalue weighted by Crippen LogP contribution is 2.31. The normalized spacial score (nSPS) is 16.7. The van der Waals surface area contributed by atoms with E-state index in [9.17, 15) is 9.59 Å². The number of hydrogen-bond acceptors (Lipinski definition) is 5. The van der Waals surface area contributed by atoms with Crippen LogP contribution < -0.4 is 9.47 Å². The highest BCUT2D eigenvalue weighted by molar-refractivity contribution is 5.94. The number of piperidine rings is 1. The Hall–Kier alpha value is -3.84. The van der Waals surface area contributed by atoms with Crippen LogP contribution in [-0.2, 0) is 11.3 Å². The Morgan fingerprint density at radius 3 is 2.08 bits per heavy atom. The number of nitrogens with zero attached hydrogens (tertiary/aromatic N) is 3. The van der Waals surface area contributed by atoms with Crippen molar-refractivity contribution in [3.05, 3.63) is 83.9 Å². The van der Waals surface area contributed by atoms with Gasteiger partial charge in [-0.1, -0.05) is 48.5 Å². The number of carbonyl (C=O) groups is 2. The molecule has 7 heteroatoms. The van der Waals surface area contributed by atoms with Gasteiger partial charge < -0.3 is 19.3 Å². The van der Waals surface area contributed by atoms with Crippen LogP contribution >= 0.6 is 0 Å². The maximum absolute atomic E-state index is 13.1. The zero-order valence-electron chi connectivity index (χ0n) is 22.8. The zero-order chi connectivity index (χ0) is 27.2. The summed E-state index contributed by atoms with van der Waals surface area (Å²) in [5.41, 5.74) is 4.12. The van der Waals surface area contributed by atoms with E-state index in [-0.39, 0.29) is 17.9 Å². The van der Waals surface area contributed by atoms with Gasteiger partial charge in [0.05, 0.1) is 7.11 Å². The lowest BCUT2D eigenvalue weighted by Crippen LogP contribution is -2.47. The molecule has 0 saturated carbocycles. The average Bonchev–Trinajstić information content (AvgIpc) is 2.98. The second-order valence-electron chi connectivity index (χ2n) is 10.3. The number of rotatable bonds is 7. The van der Waals surface area contributed by atoms with E-state index in [1.807, 2.05) is 58.3 Å². The van der Waals surface area contributed by atoms with Crippen LogP contribution in [0.25, 0.3) is 11.1 Å². The van der Waals surface area contributed by atoms with Gasteiger partial charge in [-0.05, 0) is 41.0 Å². The van der Waals surface area contributed by atoms with Crippen molar-refractivity contribution in [2.45, 2.75) is 32.4 Å². The smallest absolute Gasteiger partial charge is 0.253 e. The molecule has 0 aliphatic carbocycles. The van der Waals surface area contributed by atoms with Crippen molar-refractivity contribution in [3.8, 4) is 22.6 Å². The molecular formula is C32H37N3O4. The Morgan fingerprint density at radius 1 is 0.769 bits per heavy atom. The quantitative estimate of drug-likeness (QED) is 0.445. The summed E-state index contributed by atoms with van der Waals surface area (Å²) >= 11 is 0. The molecule has 0 N–H and O–H groups in total. The van der Waals surface area contributed by atoms with Crippen molar-refractivity contribution in [1.82, 2.24) is 14.7 Å². The summed E-state index contributed by atoms with van der Waals surface area (Å²) in [5.74, 6) is 1.68. The van der Waals surface area contributed by atoms with Crippen LogP contribution in [0.2, 0.25) is 0 Å². The third kappa shape index (κ3) is 6.60. The fraction of sp³-hybridized carbons (Fsp3) is 0.375. The molecule has 0 radical (unpaired) electrons. The Morgan fingerprint density at radius 2 is 1.44 bits per heavy atom. The van der Waals surface area contributed by atoms with E-state index in [1.54, 1.807) is 14.0 Å². The predicted octanol–water partition coefficient (Wildman–Crippen LogP) is 4.71. The van der Waals surface area contributed by atoms with Crippen molar-refractivity contribution < 1.29 is 19.1 Å².